The summed E-state index contributed by atoms with van der Waals surface area (Å²) in [5, 5.41) is 8.19. The van der Waals surface area contributed by atoms with Crippen molar-refractivity contribution in [2.45, 2.75) is 11.8 Å². The number of hydrogen-bond donors (Lipinski definition) is 2. The van der Waals surface area contributed by atoms with Gasteiger partial charge in [-0.2, -0.15) is 8.42 Å². The molecule has 0 aliphatic carbocycles. The summed E-state index contributed by atoms with van der Waals surface area (Å²) < 4.78 is 34.6. The van der Waals surface area contributed by atoms with E-state index < -0.39 is 16.1 Å². The summed E-state index contributed by atoms with van der Waals surface area (Å²) >= 11 is 0. The van der Waals surface area contributed by atoms with Crippen molar-refractivity contribution >= 4 is 22.2 Å². The SMILES string of the molecule is C=C(C)C(=O)OCCO.C=Cc1ccccc1S(=O)(=O)O. The molecule has 0 spiro atoms. The van der Waals surface area contributed by atoms with E-state index >= 15 is 0 Å². The molecule has 2 N–H and O–H groups in total. The van der Waals surface area contributed by atoms with Crippen LogP contribution in [-0.2, 0) is 19.6 Å². The molecule has 21 heavy (non-hydrogen) atoms. The molecule has 0 heterocycles. The molecule has 1 aromatic carbocycles. The van der Waals surface area contributed by atoms with Gasteiger partial charge in [-0.3, -0.25) is 4.55 Å². The normalized spacial score (nSPS) is 10.0. The third-order valence-electron chi connectivity index (χ3n) is 2.09. The van der Waals surface area contributed by atoms with E-state index in [2.05, 4.69) is 17.9 Å². The van der Waals surface area contributed by atoms with Gasteiger partial charge in [0.05, 0.1) is 6.61 Å². The molecule has 0 atom stereocenters. The van der Waals surface area contributed by atoms with Gasteiger partial charge >= 0.3 is 5.97 Å². The van der Waals surface area contributed by atoms with Crippen LogP contribution in [0.3, 0.4) is 0 Å². The predicted molar refractivity (Wildman–Crippen MR) is 79.2 cm³/mol. The second kappa shape index (κ2) is 9.06. The second-order valence-electron chi connectivity index (χ2n) is 3.86. The Morgan fingerprint density at radius 1 is 1.38 bits per heavy atom. The van der Waals surface area contributed by atoms with Crippen LogP contribution in [0.5, 0.6) is 0 Å². The maximum Gasteiger partial charge on any atom is 0.333 e. The predicted octanol–water partition coefficient (Wildman–Crippen LogP) is 1.67. The first-order valence-electron chi connectivity index (χ1n) is 5.86. The number of rotatable bonds is 5. The lowest BCUT2D eigenvalue weighted by atomic mass is 10.2. The molecule has 0 amide bonds. The lowest BCUT2D eigenvalue weighted by Crippen LogP contribution is -2.08. The molecule has 0 radical (unpaired) electrons. The molecule has 7 heteroatoms. The van der Waals surface area contributed by atoms with Crippen molar-refractivity contribution in [1.29, 1.82) is 0 Å². The molecule has 0 aliphatic heterocycles. The van der Waals surface area contributed by atoms with Crippen LogP contribution in [0.15, 0.2) is 47.9 Å². The summed E-state index contributed by atoms with van der Waals surface area (Å²) in [4.78, 5) is 10.4. The van der Waals surface area contributed by atoms with Gasteiger partial charge in [-0.1, -0.05) is 37.4 Å². The molecule has 0 aliphatic rings. The number of aliphatic hydroxyl groups is 1. The van der Waals surface area contributed by atoms with Gasteiger partial charge in [0, 0.05) is 5.57 Å². The number of hydrogen-bond acceptors (Lipinski definition) is 5. The molecule has 0 saturated carbocycles. The highest BCUT2D eigenvalue weighted by atomic mass is 32.2. The maximum absolute atomic E-state index is 10.7. The fourth-order valence-corrected chi connectivity index (χ4v) is 1.85. The molecule has 0 saturated heterocycles. The highest BCUT2D eigenvalue weighted by Gasteiger charge is 2.11. The number of esters is 1. The van der Waals surface area contributed by atoms with Crippen LogP contribution in [0.2, 0.25) is 0 Å². The smallest absolute Gasteiger partial charge is 0.333 e. The van der Waals surface area contributed by atoms with E-state index in [0.717, 1.165) is 0 Å². The first-order valence-corrected chi connectivity index (χ1v) is 7.30. The van der Waals surface area contributed by atoms with Crippen molar-refractivity contribution in [1.82, 2.24) is 0 Å². The molecule has 0 aromatic heterocycles. The van der Waals surface area contributed by atoms with Crippen LogP contribution < -0.4 is 0 Å². The Bertz CT molecular complexity index is 604. The Morgan fingerprint density at radius 2 is 1.95 bits per heavy atom. The van der Waals surface area contributed by atoms with Crippen molar-refractivity contribution in [2.75, 3.05) is 13.2 Å². The molecular formula is C14H18O6S. The quantitative estimate of drug-likeness (QED) is 0.487. The summed E-state index contributed by atoms with van der Waals surface area (Å²) in [6, 6.07) is 6.10. The van der Waals surface area contributed by atoms with Crippen LogP contribution in [0, 0.1) is 0 Å². The Balaban J connectivity index is 0.000000400. The van der Waals surface area contributed by atoms with E-state index in [4.69, 9.17) is 9.66 Å². The standard InChI is InChI=1S/C8H8O3S.C6H10O3/c1-2-7-5-3-4-6-8(7)12(9,10)11;1-5(2)6(8)9-4-3-7/h2-6H,1H2,(H,9,10,11);7H,1,3-4H2,2H3. The van der Waals surface area contributed by atoms with Crippen molar-refractivity contribution in [3.63, 3.8) is 0 Å². The zero-order valence-corrected chi connectivity index (χ0v) is 12.5. The zero-order chi connectivity index (χ0) is 16.5. The average Bonchev–Trinajstić information content (AvgIpc) is 2.44. The van der Waals surface area contributed by atoms with Gasteiger partial charge in [-0.05, 0) is 18.6 Å². The summed E-state index contributed by atoms with van der Waals surface area (Å²) in [6.07, 6.45) is 1.38. The van der Waals surface area contributed by atoms with Crippen molar-refractivity contribution in [3.8, 4) is 0 Å². The fraction of sp³-hybridized carbons (Fsp3) is 0.214. The monoisotopic (exact) mass is 314 g/mol. The minimum absolute atomic E-state index is 0.0473. The van der Waals surface area contributed by atoms with Crippen molar-refractivity contribution < 1.29 is 27.6 Å². The van der Waals surface area contributed by atoms with Crippen molar-refractivity contribution in [2.24, 2.45) is 0 Å². The van der Waals surface area contributed by atoms with E-state index in [9.17, 15) is 13.2 Å². The average molecular weight is 314 g/mol. The van der Waals surface area contributed by atoms with Gasteiger partial charge in [0.2, 0.25) is 0 Å². The van der Waals surface area contributed by atoms with E-state index in [-0.39, 0.29) is 18.1 Å². The van der Waals surface area contributed by atoms with E-state index in [1.807, 2.05) is 0 Å². The Labute approximate surface area is 124 Å². The first kappa shape index (κ1) is 19.0. The number of carbonyl (C=O) groups is 1. The molecular weight excluding hydrogens is 296 g/mol. The van der Waals surface area contributed by atoms with Gasteiger partial charge in [0.15, 0.2) is 0 Å². The molecule has 0 fully saturated rings. The molecule has 6 nitrogen and oxygen atoms in total. The minimum Gasteiger partial charge on any atom is -0.460 e. The molecule has 0 bridgehead atoms. The summed E-state index contributed by atoms with van der Waals surface area (Å²) in [6.45, 7) is 8.24. The third kappa shape index (κ3) is 7.40. The van der Waals surface area contributed by atoms with Gasteiger partial charge in [0.1, 0.15) is 11.5 Å². The minimum atomic E-state index is -4.12. The largest absolute Gasteiger partial charge is 0.460 e. The topological polar surface area (TPSA) is 101 Å². The molecule has 1 aromatic rings. The van der Waals surface area contributed by atoms with Gasteiger partial charge in [-0.25, -0.2) is 4.79 Å². The summed E-state index contributed by atoms with van der Waals surface area (Å²) in [5.41, 5.74) is 0.753. The van der Waals surface area contributed by atoms with E-state index in [1.54, 1.807) is 19.1 Å². The number of carbonyl (C=O) groups excluding carboxylic acids is 1. The van der Waals surface area contributed by atoms with E-state index in [1.165, 1.54) is 18.2 Å². The van der Waals surface area contributed by atoms with Crippen LogP contribution in [0.25, 0.3) is 6.08 Å². The highest BCUT2D eigenvalue weighted by molar-refractivity contribution is 7.85. The lowest BCUT2D eigenvalue weighted by Gasteiger charge is -2.00. The summed E-state index contributed by atoms with van der Waals surface area (Å²) in [5.74, 6) is -0.455. The number of aliphatic hydroxyl groups excluding tert-OH is 1. The van der Waals surface area contributed by atoms with Crippen molar-refractivity contribution in [3.05, 3.63) is 48.6 Å². The molecule has 1 rings (SSSR count). The lowest BCUT2D eigenvalue weighted by molar-refractivity contribution is -0.139. The fourth-order valence-electron chi connectivity index (χ4n) is 1.15. The maximum atomic E-state index is 10.7. The zero-order valence-electron chi connectivity index (χ0n) is 11.7. The van der Waals surface area contributed by atoms with Gasteiger partial charge in [0.25, 0.3) is 10.1 Å². The van der Waals surface area contributed by atoms with Crippen LogP contribution in [0.1, 0.15) is 12.5 Å². The van der Waals surface area contributed by atoms with Crippen LogP contribution >= 0.6 is 0 Å². The second-order valence-corrected chi connectivity index (χ2v) is 5.25. The highest BCUT2D eigenvalue weighted by Crippen LogP contribution is 2.15. The Morgan fingerprint density at radius 3 is 2.33 bits per heavy atom. The van der Waals surface area contributed by atoms with E-state index in [0.29, 0.717) is 11.1 Å². The Kier molecular flexibility index (Phi) is 8.22. The number of benzene rings is 1. The molecule has 116 valence electrons. The van der Waals surface area contributed by atoms with Crippen LogP contribution in [-0.4, -0.2) is 37.3 Å². The molecule has 0 unspecified atom stereocenters. The van der Waals surface area contributed by atoms with Gasteiger partial charge in [-0.15, -0.1) is 0 Å². The third-order valence-corrected chi connectivity index (χ3v) is 3.02. The van der Waals surface area contributed by atoms with Gasteiger partial charge < -0.3 is 9.84 Å². The first-order chi connectivity index (χ1) is 9.73. The summed E-state index contributed by atoms with van der Waals surface area (Å²) in [7, 11) is -4.12. The van der Waals surface area contributed by atoms with Crippen LogP contribution in [0.4, 0.5) is 0 Å². The number of ether oxygens (including phenoxy) is 1. The Hall–Kier alpha value is -1.96.